The van der Waals surface area contributed by atoms with Gasteiger partial charge in [-0.25, -0.2) is 0 Å². The van der Waals surface area contributed by atoms with Crippen LogP contribution in [0, 0.1) is 0 Å². The van der Waals surface area contributed by atoms with Gasteiger partial charge in [0.25, 0.3) is 0 Å². The fourth-order valence-electron chi connectivity index (χ4n) is 4.32. The molecule has 2 heterocycles. The van der Waals surface area contributed by atoms with Crippen LogP contribution < -0.4 is 14.8 Å². The van der Waals surface area contributed by atoms with Crippen molar-refractivity contribution < 1.29 is 18.8 Å². The standard InChI is InChI=1S/C23H21ClN2O4/c24-17-6-4-16(5-7-17)23(9-1-2-10-23)22(27)25-13-18-12-20(30-26-18)15-3-8-19-21(11-15)29-14-28-19/h3-8,11-12H,1-2,9-10,13-14H2,(H,25,27). The molecule has 1 N–H and O–H groups in total. The van der Waals surface area contributed by atoms with Crippen LogP contribution in [-0.4, -0.2) is 17.9 Å². The lowest BCUT2D eigenvalue weighted by atomic mass is 9.78. The lowest BCUT2D eigenvalue weighted by molar-refractivity contribution is -0.126. The Morgan fingerprint density at radius 3 is 2.60 bits per heavy atom. The van der Waals surface area contributed by atoms with E-state index < -0.39 is 5.41 Å². The number of fused-ring (bicyclic) bond motifs is 1. The normalized spacial score (nSPS) is 16.6. The van der Waals surface area contributed by atoms with Crippen molar-refractivity contribution in [2.45, 2.75) is 37.6 Å². The van der Waals surface area contributed by atoms with Gasteiger partial charge >= 0.3 is 0 Å². The highest BCUT2D eigenvalue weighted by Crippen LogP contribution is 2.42. The van der Waals surface area contributed by atoms with Gasteiger partial charge in [-0.2, -0.15) is 0 Å². The summed E-state index contributed by atoms with van der Waals surface area (Å²) >= 11 is 6.03. The molecule has 0 atom stereocenters. The largest absolute Gasteiger partial charge is 0.454 e. The molecule has 154 valence electrons. The van der Waals surface area contributed by atoms with Crippen molar-refractivity contribution >= 4 is 17.5 Å². The molecule has 5 rings (SSSR count). The second kappa shape index (κ2) is 7.69. The van der Waals surface area contributed by atoms with E-state index in [1.165, 1.54) is 0 Å². The summed E-state index contributed by atoms with van der Waals surface area (Å²) in [4.78, 5) is 13.2. The monoisotopic (exact) mass is 424 g/mol. The zero-order valence-electron chi connectivity index (χ0n) is 16.3. The summed E-state index contributed by atoms with van der Waals surface area (Å²) in [5.74, 6) is 2.04. The van der Waals surface area contributed by atoms with Crippen molar-refractivity contribution in [3.05, 3.63) is 64.8 Å². The lowest BCUT2D eigenvalue weighted by Gasteiger charge is -2.28. The van der Waals surface area contributed by atoms with E-state index in [-0.39, 0.29) is 12.7 Å². The van der Waals surface area contributed by atoms with Gasteiger partial charge in [-0.05, 0) is 48.7 Å². The average molecular weight is 425 g/mol. The van der Waals surface area contributed by atoms with Gasteiger partial charge < -0.3 is 19.3 Å². The summed E-state index contributed by atoms with van der Waals surface area (Å²) in [5, 5.41) is 7.85. The fourth-order valence-corrected chi connectivity index (χ4v) is 4.44. The van der Waals surface area contributed by atoms with Gasteiger partial charge in [0.2, 0.25) is 12.7 Å². The number of halogens is 1. The van der Waals surface area contributed by atoms with Crippen LogP contribution in [-0.2, 0) is 16.8 Å². The Hall–Kier alpha value is -2.99. The zero-order chi connectivity index (χ0) is 20.6. The number of rotatable bonds is 5. The minimum Gasteiger partial charge on any atom is -0.454 e. The Balaban J connectivity index is 1.30. The van der Waals surface area contributed by atoms with Gasteiger partial charge in [-0.15, -0.1) is 0 Å². The maximum absolute atomic E-state index is 13.2. The van der Waals surface area contributed by atoms with E-state index >= 15 is 0 Å². The molecule has 1 aliphatic heterocycles. The molecular weight excluding hydrogens is 404 g/mol. The van der Waals surface area contributed by atoms with Crippen molar-refractivity contribution in [2.75, 3.05) is 6.79 Å². The van der Waals surface area contributed by atoms with Gasteiger partial charge in [0.05, 0.1) is 12.0 Å². The van der Waals surface area contributed by atoms with Crippen LogP contribution in [0.3, 0.4) is 0 Å². The molecule has 1 saturated carbocycles. The van der Waals surface area contributed by atoms with E-state index in [9.17, 15) is 4.79 Å². The molecule has 1 aliphatic carbocycles. The number of carbonyl (C=O) groups is 1. The molecule has 0 unspecified atom stereocenters. The molecule has 2 aliphatic rings. The van der Waals surface area contributed by atoms with Crippen LogP contribution in [0.25, 0.3) is 11.3 Å². The first-order valence-electron chi connectivity index (χ1n) is 10.0. The number of aromatic nitrogens is 1. The highest BCUT2D eigenvalue weighted by molar-refractivity contribution is 6.30. The third-order valence-corrected chi connectivity index (χ3v) is 6.19. The van der Waals surface area contributed by atoms with Crippen LogP contribution in [0.1, 0.15) is 36.9 Å². The maximum Gasteiger partial charge on any atom is 0.231 e. The highest BCUT2D eigenvalue weighted by Gasteiger charge is 2.42. The first-order valence-corrected chi connectivity index (χ1v) is 10.4. The quantitative estimate of drug-likeness (QED) is 0.633. The smallest absolute Gasteiger partial charge is 0.231 e. The SMILES string of the molecule is O=C(NCc1cc(-c2ccc3c(c2)OCO3)on1)C1(c2ccc(Cl)cc2)CCCC1. The van der Waals surface area contributed by atoms with Crippen LogP contribution in [0.2, 0.25) is 5.02 Å². The van der Waals surface area contributed by atoms with Crippen molar-refractivity contribution in [1.82, 2.24) is 10.5 Å². The molecule has 0 bridgehead atoms. The molecule has 2 aromatic carbocycles. The van der Waals surface area contributed by atoms with Crippen LogP contribution in [0.5, 0.6) is 11.5 Å². The predicted molar refractivity (Wildman–Crippen MR) is 112 cm³/mol. The van der Waals surface area contributed by atoms with Gasteiger partial charge in [0.1, 0.15) is 5.69 Å². The minimum atomic E-state index is -0.505. The average Bonchev–Trinajstić information content (AvgIpc) is 3.52. The van der Waals surface area contributed by atoms with E-state index in [0.717, 1.165) is 42.6 Å². The Labute approximate surface area is 179 Å². The van der Waals surface area contributed by atoms with Gasteiger partial charge in [0.15, 0.2) is 17.3 Å². The summed E-state index contributed by atoms with van der Waals surface area (Å²) < 4.78 is 16.2. The predicted octanol–water partition coefficient (Wildman–Crippen LogP) is 4.85. The molecule has 1 fully saturated rings. The van der Waals surface area contributed by atoms with Crippen molar-refractivity contribution in [2.24, 2.45) is 0 Å². The summed E-state index contributed by atoms with van der Waals surface area (Å²) in [7, 11) is 0. The number of hydrogen-bond acceptors (Lipinski definition) is 5. The Morgan fingerprint density at radius 1 is 1.03 bits per heavy atom. The lowest BCUT2D eigenvalue weighted by Crippen LogP contribution is -2.42. The topological polar surface area (TPSA) is 73.6 Å². The van der Waals surface area contributed by atoms with Crippen LogP contribution >= 0.6 is 11.6 Å². The number of nitrogens with one attached hydrogen (secondary N) is 1. The van der Waals surface area contributed by atoms with E-state index in [0.29, 0.717) is 28.8 Å². The molecule has 1 aromatic heterocycles. The Morgan fingerprint density at radius 2 is 1.80 bits per heavy atom. The Kier molecular flexibility index (Phi) is 4.87. The first kappa shape index (κ1) is 19.0. The van der Waals surface area contributed by atoms with E-state index in [2.05, 4.69) is 10.5 Å². The number of amides is 1. The van der Waals surface area contributed by atoms with E-state index in [1.807, 2.05) is 48.5 Å². The second-order valence-electron chi connectivity index (χ2n) is 7.73. The molecule has 0 radical (unpaired) electrons. The molecule has 7 heteroatoms. The molecule has 1 amide bonds. The molecule has 0 spiro atoms. The number of ether oxygens (including phenoxy) is 2. The first-order chi connectivity index (χ1) is 14.6. The highest BCUT2D eigenvalue weighted by atomic mass is 35.5. The van der Waals surface area contributed by atoms with Gasteiger partial charge in [-0.1, -0.05) is 41.7 Å². The molecule has 0 saturated heterocycles. The fraction of sp³-hybridized carbons (Fsp3) is 0.304. The summed E-state index contributed by atoms with van der Waals surface area (Å²) in [6.07, 6.45) is 3.74. The van der Waals surface area contributed by atoms with E-state index in [4.69, 9.17) is 25.6 Å². The van der Waals surface area contributed by atoms with Gasteiger partial charge in [0, 0.05) is 16.7 Å². The summed E-state index contributed by atoms with van der Waals surface area (Å²) in [6.45, 7) is 0.532. The number of hydrogen-bond donors (Lipinski definition) is 1. The molecule has 6 nitrogen and oxygen atoms in total. The van der Waals surface area contributed by atoms with Crippen molar-refractivity contribution in [3.63, 3.8) is 0 Å². The third kappa shape index (κ3) is 3.41. The third-order valence-electron chi connectivity index (χ3n) is 5.93. The maximum atomic E-state index is 13.2. The second-order valence-corrected chi connectivity index (χ2v) is 8.17. The molecular formula is C23H21ClN2O4. The van der Waals surface area contributed by atoms with Crippen LogP contribution in [0.15, 0.2) is 53.1 Å². The van der Waals surface area contributed by atoms with E-state index in [1.54, 1.807) is 0 Å². The van der Waals surface area contributed by atoms with Crippen LogP contribution in [0.4, 0.5) is 0 Å². The Bertz CT molecular complexity index is 1070. The number of carbonyl (C=O) groups excluding carboxylic acids is 1. The number of benzene rings is 2. The zero-order valence-corrected chi connectivity index (χ0v) is 17.1. The summed E-state index contributed by atoms with van der Waals surface area (Å²) in [6, 6.07) is 15.0. The summed E-state index contributed by atoms with van der Waals surface area (Å²) in [5.41, 5.74) is 2.02. The molecule has 3 aromatic rings. The molecule has 30 heavy (non-hydrogen) atoms. The van der Waals surface area contributed by atoms with Gasteiger partial charge in [-0.3, -0.25) is 4.79 Å². The number of nitrogens with zero attached hydrogens (tertiary/aromatic N) is 1. The van der Waals surface area contributed by atoms with Crippen molar-refractivity contribution in [1.29, 1.82) is 0 Å². The van der Waals surface area contributed by atoms with Crippen molar-refractivity contribution in [3.8, 4) is 22.8 Å². The minimum absolute atomic E-state index is 0.0231.